The second-order valence-electron chi connectivity index (χ2n) is 5.06. The maximum atomic E-state index is 15.2. The van der Waals surface area contributed by atoms with Gasteiger partial charge in [0.1, 0.15) is 5.92 Å². The van der Waals surface area contributed by atoms with Crippen molar-refractivity contribution in [3.05, 3.63) is 46.5 Å². The molecule has 3 atom stereocenters. The Kier molecular flexibility index (Phi) is 5.01. The van der Waals surface area contributed by atoms with Crippen molar-refractivity contribution in [1.29, 1.82) is 0 Å². The van der Waals surface area contributed by atoms with Gasteiger partial charge in [-0.1, -0.05) is 40.2 Å². The zero-order chi connectivity index (χ0) is 16.3. The van der Waals surface area contributed by atoms with Crippen LogP contribution < -0.4 is 0 Å². The van der Waals surface area contributed by atoms with E-state index in [9.17, 15) is 9.59 Å². The molecule has 1 aliphatic rings. The maximum Gasteiger partial charge on any atom is 0.344 e. The van der Waals surface area contributed by atoms with Crippen LogP contribution >= 0.6 is 15.9 Å². The minimum absolute atomic E-state index is 0.216. The minimum atomic E-state index is -2.44. The molecule has 0 saturated carbocycles. The number of halogens is 2. The van der Waals surface area contributed by atoms with Gasteiger partial charge in [0.05, 0.1) is 14.2 Å². The van der Waals surface area contributed by atoms with Gasteiger partial charge in [0, 0.05) is 16.8 Å². The van der Waals surface area contributed by atoms with Gasteiger partial charge in [-0.3, -0.25) is 4.79 Å². The minimum Gasteiger partial charge on any atom is -0.469 e. The van der Waals surface area contributed by atoms with Gasteiger partial charge in [0.2, 0.25) is 5.67 Å². The van der Waals surface area contributed by atoms with Gasteiger partial charge in [-0.15, -0.1) is 0 Å². The van der Waals surface area contributed by atoms with E-state index in [0.29, 0.717) is 0 Å². The number of carbonyl (C=O) groups excluding carboxylic acids is 2. The second kappa shape index (κ2) is 6.60. The van der Waals surface area contributed by atoms with Crippen LogP contribution in [-0.4, -0.2) is 31.8 Å². The summed E-state index contributed by atoms with van der Waals surface area (Å²) in [4.78, 5) is 24.0. The van der Waals surface area contributed by atoms with Crippen LogP contribution in [0.25, 0.3) is 0 Å². The molecule has 0 aromatic heterocycles. The van der Waals surface area contributed by atoms with Crippen LogP contribution in [0.2, 0.25) is 0 Å². The molecular formula is C16H16BrFO4. The number of esters is 2. The lowest BCUT2D eigenvalue weighted by Crippen LogP contribution is -2.50. The highest BCUT2D eigenvalue weighted by molar-refractivity contribution is 9.10. The van der Waals surface area contributed by atoms with Crippen molar-refractivity contribution in [2.45, 2.75) is 18.0 Å². The van der Waals surface area contributed by atoms with Crippen molar-refractivity contribution in [3.8, 4) is 0 Å². The first-order valence-corrected chi connectivity index (χ1v) is 7.50. The summed E-state index contributed by atoms with van der Waals surface area (Å²) in [5.74, 6) is -3.71. The third kappa shape index (κ3) is 2.92. The number of benzene rings is 1. The molecule has 0 bridgehead atoms. The number of rotatable bonds is 3. The van der Waals surface area contributed by atoms with E-state index >= 15 is 4.39 Å². The Bertz CT molecular complexity index is 599. The number of ether oxygens (including phenoxy) is 2. The molecule has 0 heterocycles. The molecule has 0 amide bonds. The molecule has 1 aliphatic carbocycles. The Balaban J connectivity index is 2.49. The molecule has 0 spiro atoms. The standard InChI is InChI=1S/C16H16BrFO4/c1-21-14(19)13-12(10-5-7-11(17)8-6-10)4-3-9-16(13,18)15(20)22-2/h3-8,12-13H,9H2,1-2H3/t12-,13+,16+/m0/s1. The van der Waals surface area contributed by atoms with Crippen LogP contribution in [0.4, 0.5) is 4.39 Å². The summed E-state index contributed by atoms with van der Waals surface area (Å²) in [5, 5.41) is 0. The van der Waals surface area contributed by atoms with Gasteiger partial charge < -0.3 is 9.47 Å². The Morgan fingerprint density at radius 3 is 2.41 bits per heavy atom. The zero-order valence-corrected chi connectivity index (χ0v) is 13.8. The van der Waals surface area contributed by atoms with Gasteiger partial charge in [-0.05, 0) is 17.7 Å². The molecule has 4 nitrogen and oxygen atoms in total. The summed E-state index contributed by atoms with van der Waals surface area (Å²) >= 11 is 3.33. The van der Waals surface area contributed by atoms with Gasteiger partial charge in [0.25, 0.3) is 0 Å². The summed E-state index contributed by atoms with van der Waals surface area (Å²) in [6.07, 6.45) is 3.07. The highest BCUT2D eigenvalue weighted by atomic mass is 79.9. The molecule has 0 fully saturated rings. The van der Waals surface area contributed by atoms with Crippen LogP contribution in [-0.2, 0) is 19.1 Å². The number of hydrogen-bond donors (Lipinski definition) is 0. The van der Waals surface area contributed by atoms with E-state index in [4.69, 9.17) is 4.74 Å². The quantitative estimate of drug-likeness (QED) is 0.605. The van der Waals surface area contributed by atoms with Crippen LogP contribution in [0, 0.1) is 5.92 Å². The van der Waals surface area contributed by atoms with Crippen molar-refractivity contribution in [1.82, 2.24) is 0 Å². The molecule has 22 heavy (non-hydrogen) atoms. The van der Waals surface area contributed by atoms with Crippen molar-refractivity contribution in [3.63, 3.8) is 0 Å². The highest BCUT2D eigenvalue weighted by Crippen LogP contribution is 2.44. The summed E-state index contributed by atoms with van der Waals surface area (Å²) in [6.45, 7) is 0. The largest absolute Gasteiger partial charge is 0.469 e. The van der Waals surface area contributed by atoms with Gasteiger partial charge in [-0.2, -0.15) is 0 Å². The van der Waals surface area contributed by atoms with Crippen molar-refractivity contribution >= 4 is 27.9 Å². The van der Waals surface area contributed by atoms with E-state index in [0.717, 1.165) is 17.1 Å². The predicted molar refractivity (Wildman–Crippen MR) is 82.0 cm³/mol. The molecule has 6 heteroatoms. The first kappa shape index (κ1) is 16.7. The van der Waals surface area contributed by atoms with E-state index in [1.807, 2.05) is 0 Å². The molecule has 118 valence electrons. The van der Waals surface area contributed by atoms with Crippen LogP contribution in [0.5, 0.6) is 0 Å². The first-order chi connectivity index (χ1) is 10.4. The number of alkyl halides is 1. The topological polar surface area (TPSA) is 52.6 Å². The molecule has 0 aliphatic heterocycles. The molecule has 0 unspecified atom stereocenters. The Labute approximate surface area is 136 Å². The second-order valence-corrected chi connectivity index (χ2v) is 5.98. The van der Waals surface area contributed by atoms with Crippen molar-refractivity contribution in [2.75, 3.05) is 14.2 Å². The van der Waals surface area contributed by atoms with Crippen LogP contribution in [0.1, 0.15) is 17.9 Å². The molecule has 1 aromatic carbocycles. The van der Waals surface area contributed by atoms with E-state index in [1.54, 1.807) is 36.4 Å². The van der Waals surface area contributed by atoms with Crippen molar-refractivity contribution < 1.29 is 23.5 Å². The number of hydrogen-bond acceptors (Lipinski definition) is 4. The van der Waals surface area contributed by atoms with Gasteiger partial charge >= 0.3 is 11.9 Å². The number of methoxy groups -OCH3 is 2. The monoisotopic (exact) mass is 370 g/mol. The fraction of sp³-hybridized carbons (Fsp3) is 0.375. The predicted octanol–water partition coefficient (Wildman–Crippen LogP) is 3.16. The van der Waals surface area contributed by atoms with E-state index in [1.165, 1.54) is 7.11 Å². The average molecular weight is 371 g/mol. The highest BCUT2D eigenvalue weighted by Gasteiger charge is 2.55. The molecule has 2 rings (SSSR count). The lowest BCUT2D eigenvalue weighted by atomic mass is 9.71. The molecule has 1 aromatic rings. The van der Waals surface area contributed by atoms with E-state index in [2.05, 4.69) is 20.7 Å². The summed E-state index contributed by atoms with van der Waals surface area (Å²) in [5.41, 5.74) is -1.71. The van der Waals surface area contributed by atoms with E-state index in [-0.39, 0.29) is 6.42 Å². The molecule has 0 N–H and O–H groups in total. The number of allylic oxidation sites excluding steroid dienone is 2. The summed E-state index contributed by atoms with van der Waals surface area (Å²) in [6, 6.07) is 7.14. The molecular weight excluding hydrogens is 355 g/mol. The lowest BCUT2D eigenvalue weighted by Gasteiger charge is -2.36. The zero-order valence-electron chi connectivity index (χ0n) is 12.2. The molecule has 0 radical (unpaired) electrons. The third-order valence-electron chi connectivity index (χ3n) is 3.85. The maximum absolute atomic E-state index is 15.2. The third-order valence-corrected chi connectivity index (χ3v) is 4.37. The van der Waals surface area contributed by atoms with Gasteiger partial charge in [-0.25, -0.2) is 9.18 Å². The lowest BCUT2D eigenvalue weighted by molar-refractivity contribution is -0.170. The SMILES string of the molecule is COC(=O)[C@H]1[C@H](c2ccc(Br)cc2)C=CC[C@]1(F)C(=O)OC. The summed E-state index contributed by atoms with van der Waals surface area (Å²) in [7, 11) is 2.28. The normalized spacial score (nSPS) is 27.3. The fourth-order valence-electron chi connectivity index (χ4n) is 2.74. The first-order valence-electron chi connectivity index (χ1n) is 6.71. The van der Waals surface area contributed by atoms with Crippen LogP contribution in [0.3, 0.4) is 0 Å². The Morgan fingerprint density at radius 2 is 1.86 bits per heavy atom. The Morgan fingerprint density at radius 1 is 1.23 bits per heavy atom. The van der Waals surface area contributed by atoms with E-state index < -0.39 is 29.4 Å². The fourth-order valence-corrected chi connectivity index (χ4v) is 3.00. The Hall–Kier alpha value is -1.69. The average Bonchev–Trinajstić information content (AvgIpc) is 2.53. The van der Waals surface area contributed by atoms with Crippen LogP contribution in [0.15, 0.2) is 40.9 Å². The van der Waals surface area contributed by atoms with Gasteiger partial charge in [0.15, 0.2) is 0 Å². The smallest absolute Gasteiger partial charge is 0.344 e. The molecule has 0 saturated heterocycles. The van der Waals surface area contributed by atoms with Crippen molar-refractivity contribution in [2.24, 2.45) is 5.92 Å². The summed E-state index contributed by atoms with van der Waals surface area (Å²) < 4.78 is 25.4. The number of carbonyl (C=O) groups is 2.